The third kappa shape index (κ3) is 3.54. The van der Waals surface area contributed by atoms with E-state index in [1.54, 1.807) is 48.7 Å². The summed E-state index contributed by atoms with van der Waals surface area (Å²) in [7, 11) is 0. The van der Waals surface area contributed by atoms with E-state index in [1.807, 2.05) is 6.07 Å². The molecule has 3 aromatic rings. The molecule has 24 heavy (non-hydrogen) atoms. The fourth-order valence-electron chi connectivity index (χ4n) is 2.03. The smallest absolute Gasteiger partial charge is 0.172 e. The molecule has 2 aromatic carbocycles. The molecule has 118 valence electrons. The lowest BCUT2D eigenvalue weighted by molar-refractivity contribution is 0.475. The van der Waals surface area contributed by atoms with Gasteiger partial charge in [0.25, 0.3) is 0 Å². The van der Waals surface area contributed by atoms with Gasteiger partial charge in [-0.1, -0.05) is 17.7 Å². The van der Waals surface area contributed by atoms with Gasteiger partial charge in [0.1, 0.15) is 17.4 Å². The van der Waals surface area contributed by atoms with Crippen LogP contribution < -0.4 is 5.32 Å². The van der Waals surface area contributed by atoms with Crippen molar-refractivity contribution in [2.24, 2.45) is 4.99 Å². The topological polar surface area (TPSA) is 97.1 Å². The molecule has 0 unspecified atom stereocenters. The van der Waals surface area contributed by atoms with Crippen molar-refractivity contribution < 1.29 is 5.11 Å². The van der Waals surface area contributed by atoms with Crippen LogP contribution in [0, 0.1) is 11.3 Å². The Hall–Kier alpha value is -3.30. The Morgan fingerprint density at radius 1 is 1.25 bits per heavy atom. The molecule has 0 amide bonds. The first kappa shape index (κ1) is 15.6. The van der Waals surface area contributed by atoms with Crippen LogP contribution in [-0.2, 0) is 0 Å². The summed E-state index contributed by atoms with van der Waals surface area (Å²) in [6.45, 7) is 0. The molecule has 0 aliphatic heterocycles. The lowest BCUT2D eigenvalue weighted by Gasteiger charge is -2.03. The largest absolute Gasteiger partial charge is 0.508 e. The molecule has 3 N–H and O–H groups in total. The Bertz CT molecular complexity index is 925. The summed E-state index contributed by atoms with van der Waals surface area (Å²) in [6, 6.07) is 15.7. The van der Waals surface area contributed by atoms with Gasteiger partial charge in [-0.3, -0.25) is 5.10 Å². The highest BCUT2D eigenvalue weighted by molar-refractivity contribution is 6.30. The predicted octanol–water partition coefficient (Wildman–Crippen LogP) is 4.13. The van der Waals surface area contributed by atoms with Crippen molar-refractivity contribution in [1.29, 1.82) is 5.26 Å². The lowest BCUT2D eigenvalue weighted by atomic mass is 10.2. The first-order valence-electron chi connectivity index (χ1n) is 7.00. The van der Waals surface area contributed by atoms with Crippen LogP contribution in [0.3, 0.4) is 0 Å². The van der Waals surface area contributed by atoms with E-state index in [0.717, 1.165) is 11.3 Å². The number of aromatic amines is 1. The van der Waals surface area contributed by atoms with Crippen LogP contribution in [-0.4, -0.2) is 21.5 Å². The van der Waals surface area contributed by atoms with Crippen molar-refractivity contribution in [1.82, 2.24) is 10.2 Å². The van der Waals surface area contributed by atoms with E-state index < -0.39 is 0 Å². The molecule has 6 nitrogen and oxygen atoms in total. The Balaban J connectivity index is 1.84. The van der Waals surface area contributed by atoms with Crippen molar-refractivity contribution in [2.75, 3.05) is 5.32 Å². The molecule has 0 spiro atoms. The standard InChI is InChI=1S/C17H12ClN5O/c18-12-2-1-3-13(8-12)21-17-15(9-19)16(22-23-17)20-10-11-4-6-14(24)7-5-11/h1-8,10,24H,(H2,21,22,23)/b20-10+. The number of nitrogens with one attached hydrogen (secondary N) is 2. The zero-order valence-electron chi connectivity index (χ0n) is 12.4. The molecule has 0 saturated heterocycles. The van der Waals surface area contributed by atoms with Crippen molar-refractivity contribution in [3.63, 3.8) is 0 Å². The van der Waals surface area contributed by atoms with Crippen LogP contribution >= 0.6 is 11.6 Å². The Morgan fingerprint density at radius 3 is 2.75 bits per heavy atom. The first-order valence-corrected chi connectivity index (χ1v) is 7.37. The second-order valence-corrected chi connectivity index (χ2v) is 5.33. The monoisotopic (exact) mass is 337 g/mol. The number of hydrogen-bond acceptors (Lipinski definition) is 5. The summed E-state index contributed by atoms with van der Waals surface area (Å²) in [5, 5.41) is 29.1. The molecule has 7 heteroatoms. The number of anilines is 2. The van der Waals surface area contributed by atoms with E-state index in [9.17, 15) is 10.4 Å². The quantitative estimate of drug-likeness (QED) is 0.623. The predicted molar refractivity (Wildman–Crippen MR) is 93.4 cm³/mol. The minimum Gasteiger partial charge on any atom is -0.508 e. The summed E-state index contributed by atoms with van der Waals surface area (Å²) in [4.78, 5) is 4.24. The van der Waals surface area contributed by atoms with Gasteiger partial charge in [-0.15, -0.1) is 0 Å². The maximum Gasteiger partial charge on any atom is 0.172 e. The van der Waals surface area contributed by atoms with Gasteiger partial charge >= 0.3 is 0 Å². The van der Waals surface area contributed by atoms with E-state index in [1.165, 1.54) is 0 Å². The summed E-state index contributed by atoms with van der Waals surface area (Å²) in [6.07, 6.45) is 1.58. The van der Waals surface area contributed by atoms with Gasteiger partial charge < -0.3 is 10.4 Å². The highest BCUT2D eigenvalue weighted by Crippen LogP contribution is 2.26. The second-order valence-electron chi connectivity index (χ2n) is 4.89. The number of phenols is 1. The van der Waals surface area contributed by atoms with Gasteiger partial charge in [0.15, 0.2) is 11.6 Å². The van der Waals surface area contributed by atoms with Crippen LogP contribution in [0.1, 0.15) is 11.1 Å². The fraction of sp³-hybridized carbons (Fsp3) is 0. The minimum atomic E-state index is 0.180. The molecular weight excluding hydrogens is 326 g/mol. The van der Waals surface area contributed by atoms with Crippen molar-refractivity contribution in [3.8, 4) is 11.8 Å². The molecule has 0 saturated carbocycles. The maximum atomic E-state index is 9.37. The van der Waals surface area contributed by atoms with E-state index in [4.69, 9.17) is 11.6 Å². The van der Waals surface area contributed by atoms with Crippen molar-refractivity contribution >= 4 is 35.1 Å². The number of halogens is 1. The van der Waals surface area contributed by atoms with E-state index in [0.29, 0.717) is 22.2 Å². The Morgan fingerprint density at radius 2 is 2.04 bits per heavy atom. The Labute approximate surface area is 143 Å². The highest BCUT2D eigenvalue weighted by Gasteiger charge is 2.12. The maximum absolute atomic E-state index is 9.37. The van der Waals surface area contributed by atoms with Crippen LogP contribution in [0.2, 0.25) is 5.02 Å². The average molecular weight is 338 g/mol. The highest BCUT2D eigenvalue weighted by atomic mass is 35.5. The normalized spacial score (nSPS) is 10.7. The molecular formula is C17H12ClN5O. The number of aromatic hydroxyl groups is 1. The summed E-state index contributed by atoms with van der Waals surface area (Å²) in [5.41, 5.74) is 1.81. The number of phenolic OH excluding ortho intramolecular Hbond substituents is 1. The first-order chi connectivity index (χ1) is 11.7. The molecule has 0 radical (unpaired) electrons. The van der Waals surface area contributed by atoms with Crippen LogP contribution in [0.5, 0.6) is 5.75 Å². The van der Waals surface area contributed by atoms with Gasteiger partial charge in [-0.05, 0) is 48.0 Å². The van der Waals surface area contributed by atoms with E-state index in [2.05, 4.69) is 26.6 Å². The molecule has 1 heterocycles. The summed E-state index contributed by atoms with van der Waals surface area (Å²) in [5.74, 6) is 0.895. The third-order valence-electron chi connectivity index (χ3n) is 3.18. The molecule has 1 aromatic heterocycles. The van der Waals surface area contributed by atoms with Crippen molar-refractivity contribution in [2.45, 2.75) is 0 Å². The van der Waals surface area contributed by atoms with Crippen LogP contribution in [0.4, 0.5) is 17.3 Å². The van der Waals surface area contributed by atoms with Gasteiger partial charge in [0, 0.05) is 16.9 Å². The van der Waals surface area contributed by atoms with E-state index in [-0.39, 0.29) is 5.75 Å². The van der Waals surface area contributed by atoms with E-state index >= 15 is 0 Å². The van der Waals surface area contributed by atoms with Gasteiger partial charge in [0.05, 0.1) is 0 Å². The SMILES string of the molecule is N#Cc1c(Nc2cccc(Cl)c2)n[nH]c1/N=C/c1ccc(O)cc1. The molecule has 3 rings (SSSR count). The number of nitriles is 1. The molecule has 0 atom stereocenters. The van der Waals surface area contributed by atoms with Gasteiger partial charge in [-0.25, -0.2) is 4.99 Å². The molecule has 0 bridgehead atoms. The van der Waals surface area contributed by atoms with Crippen molar-refractivity contribution in [3.05, 3.63) is 64.7 Å². The number of hydrogen-bond donors (Lipinski definition) is 3. The summed E-state index contributed by atoms with van der Waals surface area (Å²) >= 11 is 5.94. The molecule has 0 aliphatic carbocycles. The van der Waals surface area contributed by atoms with Crippen LogP contribution in [0.15, 0.2) is 53.5 Å². The number of rotatable bonds is 4. The summed E-state index contributed by atoms with van der Waals surface area (Å²) < 4.78 is 0. The zero-order chi connectivity index (χ0) is 16.9. The third-order valence-corrected chi connectivity index (χ3v) is 3.42. The zero-order valence-corrected chi connectivity index (χ0v) is 13.1. The Kier molecular flexibility index (Phi) is 4.45. The number of benzene rings is 2. The fourth-order valence-corrected chi connectivity index (χ4v) is 2.22. The average Bonchev–Trinajstić information content (AvgIpc) is 2.96. The van der Waals surface area contributed by atoms with Gasteiger partial charge in [-0.2, -0.15) is 10.4 Å². The number of aromatic nitrogens is 2. The minimum absolute atomic E-state index is 0.180. The number of aliphatic imine (C=N–C) groups is 1. The second kappa shape index (κ2) is 6.86. The molecule has 0 fully saturated rings. The van der Waals surface area contributed by atoms with Crippen LogP contribution in [0.25, 0.3) is 0 Å². The molecule has 0 aliphatic rings. The number of nitrogens with zero attached hydrogens (tertiary/aromatic N) is 3. The number of H-pyrrole nitrogens is 1. The lowest BCUT2D eigenvalue weighted by Crippen LogP contribution is -1.92. The van der Waals surface area contributed by atoms with Gasteiger partial charge in [0.2, 0.25) is 0 Å².